The fraction of sp³-hybridized carbons (Fsp3) is 0.483. The summed E-state index contributed by atoms with van der Waals surface area (Å²) in [6, 6.07) is 10.5. The molecule has 5 heterocycles. The highest BCUT2D eigenvalue weighted by Crippen LogP contribution is 2.37. The van der Waals surface area contributed by atoms with E-state index in [4.69, 9.17) is 15.1 Å². The van der Waals surface area contributed by atoms with E-state index in [0.717, 1.165) is 58.6 Å². The molecule has 3 aromatic heterocycles. The Kier molecular flexibility index (Phi) is 8.05. The molecule has 2 aliphatic heterocycles. The molecule has 10 nitrogen and oxygen atoms in total. The van der Waals surface area contributed by atoms with Gasteiger partial charge in [-0.25, -0.2) is 27.1 Å². The van der Waals surface area contributed by atoms with Crippen LogP contribution in [0.4, 0.5) is 15.3 Å². The zero-order chi connectivity index (χ0) is 29.6. The lowest BCUT2D eigenvalue weighted by Gasteiger charge is -2.20. The van der Waals surface area contributed by atoms with Gasteiger partial charge in [-0.15, -0.1) is 11.3 Å². The van der Waals surface area contributed by atoms with Crippen molar-refractivity contribution in [3.8, 4) is 11.3 Å². The maximum atomic E-state index is 13.4. The molecule has 2 fully saturated rings. The molecule has 6 rings (SSSR count). The number of anilines is 2. The number of nitrogens with one attached hydrogen (secondary N) is 1. The van der Waals surface area contributed by atoms with Gasteiger partial charge in [0.2, 0.25) is 10.0 Å². The summed E-state index contributed by atoms with van der Waals surface area (Å²) in [6.45, 7) is 3.90. The summed E-state index contributed by atoms with van der Waals surface area (Å²) in [5, 5.41) is 11.5. The van der Waals surface area contributed by atoms with E-state index in [0.29, 0.717) is 19.5 Å². The van der Waals surface area contributed by atoms with Gasteiger partial charge in [-0.1, -0.05) is 6.92 Å². The minimum absolute atomic E-state index is 0.0403. The van der Waals surface area contributed by atoms with Gasteiger partial charge in [-0.3, -0.25) is 0 Å². The molecule has 42 heavy (non-hydrogen) atoms. The number of nitrogens with zero attached hydrogens (tertiary/aromatic N) is 7. The van der Waals surface area contributed by atoms with Gasteiger partial charge in [-0.05, 0) is 82.2 Å². The zero-order valence-electron chi connectivity index (χ0n) is 24.4. The SMILES string of the molecule is CCc1nc2ccc(C3CC4CN(S(=O)(=O)CCCN(C)C)CC4N3)nn2c1N(C)c1nc(-c2ccc(F)cc2)cs1. The predicted octanol–water partition coefficient (Wildman–Crippen LogP) is 3.94. The van der Waals surface area contributed by atoms with Gasteiger partial charge in [0.05, 0.1) is 28.9 Å². The second-order valence-corrected chi connectivity index (χ2v) is 14.4. The van der Waals surface area contributed by atoms with Crippen molar-refractivity contribution in [1.82, 2.24) is 34.1 Å². The number of imidazole rings is 1. The van der Waals surface area contributed by atoms with Crippen molar-refractivity contribution in [2.75, 3.05) is 51.4 Å². The van der Waals surface area contributed by atoms with Crippen molar-refractivity contribution in [3.05, 3.63) is 59.0 Å². The van der Waals surface area contributed by atoms with Crippen LogP contribution in [0.2, 0.25) is 0 Å². The van der Waals surface area contributed by atoms with Crippen molar-refractivity contribution in [2.45, 2.75) is 38.3 Å². The van der Waals surface area contributed by atoms with E-state index >= 15 is 0 Å². The number of aryl methyl sites for hydroxylation is 1. The number of thiazole rings is 1. The molecule has 0 saturated carbocycles. The van der Waals surface area contributed by atoms with E-state index in [-0.39, 0.29) is 29.6 Å². The molecule has 4 aromatic rings. The van der Waals surface area contributed by atoms with Crippen molar-refractivity contribution in [2.24, 2.45) is 5.92 Å². The Morgan fingerprint density at radius 2 is 1.88 bits per heavy atom. The summed E-state index contributed by atoms with van der Waals surface area (Å²) in [7, 11) is 2.63. The Bertz CT molecular complexity index is 1660. The molecule has 0 aliphatic carbocycles. The topological polar surface area (TPSA) is 99.0 Å². The Morgan fingerprint density at radius 1 is 1.10 bits per heavy atom. The monoisotopic (exact) mass is 612 g/mol. The summed E-state index contributed by atoms with van der Waals surface area (Å²) >= 11 is 1.52. The van der Waals surface area contributed by atoms with Gasteiger partial charge >= 0.3 is 0 Å². The van der Waals surface area contributed by atoms with Gasteiger partial charge < -0.3 is 15.1 Å². The number of hydrogen-bond acceptors (Lipinski definition) is 9. The van der Waals surface area contributed by atoms with Gasteiger partial charge in [0.1, 0.15) is 5.82 Å². The molecule has 0 spiro atoms. The normalized spacial score (nSPS) is 21.0. The van der Waals surface area contributed by atoms with Crippen LogP contribution in [-0.2, 0) is 16.4 Å². The van der Waals surface area contributed by atoms with E-state index in [9.17, 15) is 12.8 Å². The maximum Gasteiger partial charge on any atom is 0.214 e. The lowest BCUT2D eigenvalue weighted by Crippen LogP contribution is -2.36. The largest absolute Gasteiger partial charge is 0.309 e. The van der Waals surface area contributed by atoms with Gasteiger partial charge in [-0.2, -0.15) is 9.61 Å². The molecular formula is C29H37FN8O2S2. The third kappa shape index (κ3) is 5.68. The number of aromatic nitrogens is 4. The minimum atomic E-state index is -3.26. The number of halogens is 1. The molecule has 13 heteroatoms. The highest BCUT2D eigenvalue weighted by molar-refractivity contribution is 7.89. The minimum Gasteiger partial charge on any atom is -0.309 e. The van der Waals surface area contributed by atoms with Crippen molar-refractivity contribution < 1.29 is 12.8 Å². The number of hydrogen-bond donors (Lipinski definition) is 1. The van der Waals surface area contributed by atoms with E-state index in [1.165, 1.54) is 23.5 Å². The molecule has 3 unspecified atom stereocenters. The second-order valence-electron chi connectivity index (χ2n) is 11.5. The summed E-state index contributed by atoms with van der Waals surface area (Å²) in [6.07, 6.45) is 2.21. The highest BCUT2D eigenvalue weighted by Gasteiger charge is 2.44. The van der Waals surface area contributed by atoms with Crippen molar-refractivity contribution in [1.29, 1.82) is 0 Å². The molecule has 1 N–H and O–H groups in total. The molecule has 3 atom stereocenters. The van der Waals surface area contributed by atoms with Crippen LogP contribution in [0.1, 0.15) is 37.2 Å². The fourth-order valence-corrected chi connectivity index (χ4v) is 8.38. The van der Waals surface area contributed by atoms with E-state index in [1.807, 2.05) is 53.0 Å². The first-order valence-electron chi connectivity index (χ1n) is 14.3. The number of sulfonamides is 1. The first-order chi connectivity index (χ1) is 20.1. The molecule has 0 bridgehead atoms. The first-order valence-corrected chi connectivity index (χ1v) is 16.8. The molecule has 2 saturated heterocycles. The Hall–Kier alpha value is -2.97. The summed E-state index contributed by atoms with van der Waals surface area (Å²) in [5.74, 6) is 1.04. The zero-order valence-corrected chi connectivity index (χ0v) is 26.0. The lowest BCUT2D eigenvalue weighted by atomic mass is 10.0. The maximum absolute atomic E-state index is 13.4. The smallest absolute Gasteiger partial charge is 0.214 e. The summed E-state index contributed by atoms with van der Waals surface area (Å²) < 4.78 is 42.8. The van der Waals surface area contributed by atoms with E-state index in [2.05, 4.69) is 12.2 Å². The summed E-state index contributed by atoms with van der Waals surface area (Å²) in [4.78, 5) is 13.7. The molecule has 2 aliphatic rings. The van der Waals surface area contributed by atoms with Gasteiger partial charge in [0.15, 0.2) is 16.6 Å². The van der Waals surface area contributed by atoms with Crippen LogP contribution in [0.15, 0.2) is 41.8 Å². The number of benzene rings is 1. The quantitative estimate of drug-likeness (QED) is 0.288. The average molecular weight is 613 g/mol. The first kappa shape index (κ1) is 29.1. The molecule has 224 valence electrons. The Morgan fingerprint density at radius 3 is 2.60 bits per heavy atom. The van der Waals surface area contributed by atoms with Crippen LogP contribution in [-0.4, -0.2) is 89.8 Å². The molecule has 0 radical (unpaired) electrons. The number of fused-ring (bicyclic) bond motifs is 2. The highest BCUT2D eigenvalue weighted by atomic mass is 32.2. The van der Waals surface area contributed by atoms with Crippen LogP contribution in [0.3, 0.4) is 0 Å². The predicted molar refractivity (Wildman–Crippen MR) is 164 cm³/mol. The lowest BCUT2D eigenvalue weighted by molar-refractivity contribution is 0.399. The Labute approximate surface area is 250 Å². The van der Waals surface area contributed by atoms with Crippen LogP contribution >= 0.6 is 11.3 Å². The van der Waals surface area contributed by atoms with Gasteiger partial charge in [0.25, 0.3) is 0 Å². The Balaban J connectivity index is 1.20. The average Bonchev–Trinajstić information content (AvgIpc) is 3.74. The van der Waals surface area contributed by atoms with Crippen LogP contribution in [0.5, 0.6) is 0 Å². The second kappa shape index (κ2) is 11.6. The molecular weight excluding hydrogens is 576 g/mol. The van der Waals surface area contributed by atoms with Crippen LogP contribution < -0.4 is 10.2 Å². The molecule has 1 aromatic carbocycles. The third-order valence-corrected chi connectivity index (χ3v) is 11.0. The third-order valence-electron chi connectivity index (χ3n) is 8.23. The summed E-state index contributed by atoms with van der Waals surface area (Å²) in [5.41, 5.74) is 4.25. The van der Waals surface area contributed by atoms with Crippen LogP contribution in [0.25, 0.3) is 16.9 Å². The van der Waals surface area contributed by atoms with Crippen molar-refractivity contribution >= 4 is 38.0 Å². The number of rotatable bonds is 10. The van der Waals surface area contributed by atoms with Crippen LogP contribution in [0, 0.1) is 11.7 Å². The van der Waals surface area contributed by atoms with Crippen molar-refractivity contribution in [3.63, 3.8) is 0 Å². The van der Waals surface area contributed by atoms with Gasteiger partial charge in [0, 0.05) is 37.1 Å². The fourth-order valence-electron chi connectivity index (χ4n) is 6.02. The molecule has 0 amide bonds. The van der Waals surface area contributed by atoms with E-state index in [1.54, 1.807) is 16.4 Å². The van der Waals surface area contributed by atoms with E-state index < -0.39 is 10.0 Å². The standard InChI is InChI=1S/C29H37FN8O2S2/c1-5-22-28(36(4)29-33-26(18-41-29)19-7-9-21(30)10-8-19)38-27(32-22)12-11-23(34-38)24-15-20-16-37(17-25(20)31-24)42(39,40)14-6-13-35(2)3/h7-12,18,20,24-25,31H,5-6,13-17H2,1-4H3.